The molecule has 2 aromatic heterocycles. The fourth-order valence-electron chi connectivity index (χ4n) is 3.72. The number of rotatable bonds is 5. The minimum absolute atomic E-state index is 0.0574. The summed E-state index contributed by atoms with van der Waals surface area (Å²) in [5, 5.41) is 1.27. The van der Waals surface area contributed by atoms with Gasteiger partial charge in [0, 0.05) is 36.8 Å². The number of hydrogen-bond acceptors (Lipinski definition) is 8. The van der Waals surface area contributed by atoms with Crippen LogP contribution in [0.4, 0.5) is 16.2 Å². The van der Waals surface area contributed by atoms with Crippen LogP contribution >= 0.6 is 22.9 Å². The van der Waals surface area contributed by atoms with Gasteiger partial charge in [0.15, 0.2) is 17.3 Å². The van der Waals surface area contributed by atoms with Crippen molar-refractivity contribution in [1.82, 2.24) is 19.9 Å². The zero-order valence-corrected chi connectivity index (χ0v) is 19.5. The third-order valence-corrected chi connectivity index (χ3v) is 6.67. The van der Waals surface area contributed by atoms with E-state index < -0.39 is 0 Å². The second-order valence-electron chi connectivity index (χ2n) is 7.70. The number of carbonyl (C=O) groups excluding carboxylic acids is 1. The summed E-state index contributed by atoms with van der Waals surface area (Å²) in [6.07, 6.45) is 0. The molecule has 2 aromatic carbocycles. The van der Waals surface area contributed by atoms with Crippen molar-refractivity contribution >= 4 is 51.0 Å². The highest BCUT2D eigenvalue weighted by Gasteiger charge is 2.25. The minimum Gasteiger partial charge on any atom is -0.484 e. The first kappa shape index (κ1) is 22.3. The van der Waals surface area contributed by atoms with E-state index in [-0.39, 0.29) is 24.3 Å². The van der Waals surface area contributed by atoms with E-state index in [0.717, 1.165) is 5.56 Å². The van der Waals surface area contributed by atoms with Crippen molar-refractivity contribution in [1.29, 1.82) is 0 Å². The molecule has 0 radical (unpaired) electrons. The maximum atomic E-state index is 13.3. The van der Waals surface area contributed by atoms with Gasteiger partial charge in [-0.15, -0.1) is 0 Å². The lowest BCUT2D eigenvalue weighted by atomic mass is 10.2. The standard InChI is InChI=1S/C23H20ClFN6O2S/c24-15-2-1-3-17(12-15)33-13-18(32)30-8-10-31(11-9-30)20-19-22(29-23(26)28-20)34-21(27-19)14-4-6-16(25)7-5-14/h1-7,12H,8-11,13H2,(H2,26,28,29). The van der Waals surface area contributed by atoms with Crippen molar-refractivity contribution < 1.29 is 13.9 Å². The molecule has 1 fully saturated rings. The number of amides is 1. The van der Waals surface area contributed by atoms with E-state index in [1.165, 1.54) is 23.5 Å². The second kappa shape index (κ2) is 9.40. The Kier molecular flexibility index (Phi) is 6.16. The number of nitrogen functional groups attached to an aromatic ring is 1. The maximum Gasteiger partial charge on any atom is 0.260 e. The molecule has 11 heteroatoms. The number of fused-ring (bicyclic) bond motifs is 1. The van der Waals surface area contributed by atoms with Crippen LogP contribution in [0.15, 0.2) is 48.5 Å². The zero-order chi connectivity index (χ0) is 23.7. The molecule has 4 aromatic rings. The van der Waals surface area contributed by atoms with Crippen molar-refractivity contribution in [3.8, 4) is 16.3 Å². The van der Waals surface area contributed by atoms with E-state index in [9.17, 15) is 9.18 Å². The molecule has 0 saturated carbocycles. The molecule has 1 aliphatic rings. The van der Waals surface area contributed by atoms with Crippen LogP contribution in [0, 0.1) is 5.82 Å². The molecule has 0 aliphatic carbocycles. The fourth-order valence-corrected chi connectivity index (χ4v) is 4.85. The first-order valence-electron chi connectivity index (χ1n) is 10.6. The number of anilines is 2. The molecular weight excluding hydrogens is 479 g/mol. The van der Waals surface area contributed by atoms with Gasteiger partial charge in [0.1, 0.15) is 22.1 Å². The molecule has 1 amide bonds. The Morgan fingerprint density at radius 2 is 1.85 bits per heavy atom. The Morgan fingerprint density at radius 1 is 1.09 bits per heavy atom. The minimum atomic E-state index is -0.306. The van der Waals surface area contributed by atoms with Gasteiger partial charge in [-0.2, -0.15) is 4.98 Å². The van der Waals surface area contributed by atoms with E-state index in [2.05, 4.69) is 14.9 Å². The number of piperazine rings is 1. The van der Waals surface area contributed by atoms with Crippen LogP contribution < -0.4 is 15.4 Å². The first-order chi connectivity index (χ1) is 16.5. The Morgan fingerprint density at radius 3 is 2.59 bits per heavy atom. The molecule has 174 valence electrons. The smallest absolute Gasteiger partial charge is 0.260 e. The molecule has 1 aliphatic heterocycles. The molecule has 0 bridgehead atoms. The molecule has 0 spiro atoms. The number of benzene rings is 2. The average Bonchev–Trinajstić information content (AvgIpc) is 3.26. The average molecular weight is 499 g/mol. The van der Waals surface area contributed by atoms with Crippen molar-refractivity contribution in [2.24, 2.45) is 0 Å². The Labute approximate surface area is 203 Å². The monoisotopic (exact) mass is 498 g/mol. The van der Waals surface area contributed by atoms with Gasteiger partial charge >= 0.3 is 0 Å². The number of carbonyl (C=O) groups is 1. The fraction of sp³-hybridized carbons (Fsp3) is 0.217. The van der Waals surface area contributed by atoms with Gasteiger partial charge in [0.25, 0.3) is 5.91 Å². The predicted molar refractivity (Wildman–Crippen MR) is 131 cm³/mol. The van der Waals surface area contributed by atoms with Gasteiger partial charge < -0.3 is 20.3 Å². The number of thiazole rings is 1. The number of ether oxygens (including phenoxy) is 1. The van der Waals surface area contributed by atoms with Crippen LogP contribution in [0.2, 0.25) is 5.02 Å². The van der Waals surface area contributed by atoms with Crippen LogP contribution in [0.25, 0.3) is 20.9 Å². The van der Waals surface area contributed by atoms with Crippen LogP contribution in [-0.4, -0.2) is 58.5 Å². The quantitative estimate of drug-likeness (QED) is 0.446. The molecule has 3 heterocycles. The van der Waals surface area contributed by atoms with E-state index >= 15 is 0 Å². The van der Waals surface area contributed by atoms with Crippen LogP contribution in [0.1, 0.15) is 0 Å². The Balaban J connectivity index is 1.28. The summed E-state index contributed by atoms with van der Waals surface area (Å²) in [6.45, 7) is 2.10. The first-order valence-corrected chi connectivity index (χ1v) is 11.8. The van der Waals surface area contributed by atoms with Gasteiger partial charge in [-0.3, -0.25) is 4.79 Å². The normalized spacial score (nSPS) is 13.9. The lowest BCUT2D eigenvalue weighted by Crippen LogP contribution is -2.50. The van der Waals surface area contributed by atoms with Gasteiger partial charge in [-0.1, -0.05) is 29.0 Å². The summed E-state index contributed by atoms with van der Waals surface area (Å²) in [5.74, 6) is 0.942. The molecule has 0 atom stereocenters. The summed E-state index contributed by atoms with van der Waals surface area (Å²) in [5.41, 5.74) is 7.41. The number of nitrogens with two attached hydrogens (primary N) is 1. The second-order valence-corrected chi connectivity index (χ2v) is 9.11. The van der Waals surface area contributed by atoms with E-state index in [1.54, 1.807) is 41.3 Å². The molecule has 1 saturated heterocycles. The van der Waals surface area contributed by atoms with E-state index in [4.69, 9.17) is 27.1 Å². The highest BCUT2D eigenvalue weighted by molar-refractivity contribution is 7.21. The summed E-state index contributed by atoms with van der Waals surface area (Å²) in [6, 6.07) is 13.1. The largest absolute Gasteiger partial charge is 0.484 e. The molecule has 8 nitrogen and oxygen atoms in total. The highest BCUT2D eigenvalue weighted by atomic mass is 35.5. The third kappa shape index (κ3) is 4.73. The van der Waals surface area contributed by atoms with Crippen LogP contribution in [0.3, 0.4) is 0 Å². The molecular formula is C23H20ClFN6O2S. The summed E-state index contributed by atoms with van der Waals surface area (Å²) in [4.78, 5) is 30.6. The Hall–Kier alpha value is -3.50. The number of aromatic nitrogens is 3. The van der Waals surface area contributed by atoms with Gasteiger partial charge in [-0.25, -0.2) is 14.4 Å². The molecule has 5 rings (SSSR count). The van der Waals surface area contributed by atoms with Crippen molar-refractivity contribution in [3.63, 3.8) is 0 Å². The van der Waals surface area contributed by atoms with Crippen molar-refractivity contribution in [2.75, 3.05) is 43.4 Å². The Bertz CT molecular complexity index is 1340. The predicted octanol–water partition coefficient (Wildman–Crippen LogP) is 3.86. The third-order valence-electron chi connectivity index (χ3n) is 5.44. The molecule has 2 N–H and O–H groups in total. The maximum absolute atomic E-state index is 13.3. The summed E-state index contributed by atoms with van der Waals surface area (Å²) in [7, 11) is 0. The molecule has 0 unspecified atom stereocenters. The van der Waals surface area contributed by atoms with Crippen LogP contribution in [-0.2, 0) is 4.79 Å². The van der Waals surface area contributed by atoms with Gasteiger partial charge in [-0.05, 0) is 42.5 Å². The lowest BCUT2D eigenvalue weighted by Gasteiger charge is -2.35. The zero-order valence-electron chi connectivity index (χ0n) is 17.9. The molecule has 34 heavy (non-hydrogen) atoms. The lowest BCUT2D eigenvalue weighted by molar-refractivity contribution is -0.133. The van der Waals surface area contributed by atoms with Crippen LogP contribution in [0.5, 0.6) is 5.75 Å². The summed E-state index contributed by atoms with van der Waals surface area (Å²) < 4.78 is 18.9. The van der Waals surface area contributed by atoms with Crippen molar-refractivity contribution in [2.45, 2.75) is 0 Å². The van der Waals surface area contributed by atoms with E-state index in [1.807, 2.05) is 0 Å². The topological polar surface area (TPSA) is 97.5 Å². The number of hydrogen-bond donors (Lipinski definition) is 1. The van der Waals surface area contributed by atoms with E-state index in [0.29, 0.717) is 58.1 Å². The van der Waals surface area contributed by atoms with Gasteiger partial charge in [0.05, 0.1) is 0 Å². The number of halogens is 2. The summed E-state index contributed by atoms with van der Waals surface area (Å²) >= 11 is 7.34. The SMILES string of the molecule is Nc1nc(N2CCN(C(=O)COc3cccc(Cl)c3)CC2)c2nc(-c3ccc(F)cc3)sc2n1. The number of nitrogens with zero attached hydrogens (tertiary/aromatic N) is 5. The highest BCUT2D eigenvalue weighted by Crippen LogP contribution is 2.34. The van der Waals surface area contributed by atoms with Gasteiger partial charge in [0.2, 0.25) is 5.95 Å². The van der Waals surface area contributed by atoms with Crippen molar-refractivity contribution in [3.05, 3.63) is 59.4 Å².